The third-order valence-electron chi connectivity index (χ3n) is 8.21. The summed E-state index contributed by atoms with van der Waals surface area (Å²) in [5.41, 5.74) is 4.95. The quantitative estimate of drug-likeness (QED) is 0.495. The lowest BCUT2D eigenvalue weighted by Gasteiger charge is -2.42. The maximum Gasteiger partial charge on any atom is 0.0649 e. The van der Waals surface area contributed by atoms with Crippen molar-refractivity contribution in [3.8, 4) is 0 Å². The topological polar surface area (TPSA) is 64.5 Å². The first kappa shape index (κ1) is 26.9. The van der Waals surface area contributed by atoms with Gasteiger partial charge in [0.25, 0.3) is 0 Å². The summed E-state index contributed by atoms with van der Waals surface area (Å²) in [6, 6.07) is 17.3. The maximum absolute atomic E-state index is 10.4. The third-order valence-corrected chi connectivity index (χ3v) is 8.21. The van der Waals surface area contributed by atoms with Crippen molar-refractivity contribution >= 4 is 0 Å². The summed E-state index contributed by atoms with van der Waals surface area (Å²) in [4.78, 5) is 0. The molecule has 0 radical (unpaired) electrons. The van der Waals surface area contributed by atoms with Crippen molar-refractivity contribution < 1.29 is 10.2 Å². The van der Waals surface area contributed by atoms with E-state index in [4.69, 9.17) is 0 Å². The number of likely N-dealkylation sites (N-methyl/N-ethyl adjacent to an activating group) is 2. The maximum atomic E-state index is 10.4. The summed E-state index contributed by atoms with van der Waals surface area (Å²) < 4.78 is 0. The first-order valence-corrected chi connectivity index (χ1v) is 13.2. The van der Waals surface area contributed by atoms with E-state index >= 15 is 0 Å². The standard InChI is InChI=1S/2C15H23NO/c2*1-12-6-8-13(9-7-12)15(11-16-2)10-4-3-5-14(15)17/h2*6-9,14,16-17H,3-5,10-11H2,1-2H3/t2*14-,15-/m10/s1. The molecule has 2 fully saturated rings. The fourth-order valence-corrected chi connectivity index (χ4v) is 6.13. The molecule has 0 spiro atoms. The van der Waals surface area contributed by atoms with Gasteiger partial charge >= 0.3 is 0 Å². The molecule has 0 bridgehead atoms. The molecule has 2 aliphatic carbocycles. The zero-order valence-corrected chi connectivity index (χ0v) is 21.7. The van der Waals surface area contributed by atoms with E-state index in [1.165, 1.54) is 35.1 Å². The van der Waals surface area contributed by atoms with Crippen LogP contribution < -0.4 is 10.6 Å². The van der Waals surface area contributed by atoms with Crippen LogP contribution in [0.1, 0.15) is 73.6 Å². The van der Waals surface area contributed by atoms with Crippen LogP contribution >= 0.6 is 0 Å². The number of nitrogens with one attached hydrogen (secondary N) is 2. The van der Waals surface area contributed by atoms with Crippen LogP contribution in [0, 0.1) is 13.8 Å². The molecule has 0 saturated heterocycles. The van der Waals surface area contributed by atoms with E-state index in [2.05, 4.69) is 73.0 Å². The van der Waals surface area contributed by atoms with E-state index < -0.39 is 0 Å². The third kappa shape index (κ3) is 5.91. The Hall–Kier alpha value is -1.72. The van der Waals surface area contributed by atoms with Crippen molar-refractivity contribution in [2.24, 2.45) is 0 Å². The van der Waals surface area contributed by atoms with E-state index in [1.807, 2.05) is 14.1 Å². The molecule has 4 rings (SSSR count). The van der Waals surface area contributed by atoms with E-state index in [1.54, 1.807) is 0 Å². The number of hydrogen-bond acceptors (Lipinski definition) is 4. The van der Waals surface area contributed by atoms with E-state index in [9.17, 15) is 10.2 Å². The lowest BCUT2D eigenvalue weighted by Crippen LogP contribution is -2.48. The van der Waals surface area contributed by atoms with Crippen molar-refractivity contribution in [2.75, 3.05) is 27.2 Å². The highest BCUT2D eigenvalue weighted by molar-refractivity contribution is 5.32. The van der Waals surface area contributed by atoms with Crippen molar-refractivity contribution in [1.29, 1.82) is 0 Å². The smallest absolute Gasteiger partial charge is 0.0649 e. The molecule has 0 heterocycles. The number of rotatable bonds is 6. The average Bonchev–Trinajstić information content (AvgIpc) is 2.84. The largest absolute Gasteiger partial charge is 0.392 e. The van der Waals surface area contributed by atoms with Gasteiger partial charge in [-0.3, -0.25) is 0 Å². The molecule has 188 valence electrons. The Labute approximate surface area is 207 Å². The number of aryl methyl sites for hydroxylation is 2. The molecule has 2 saturated carbocycles. The molecule has 4 nitrogen and oxygen atoms in total. The summed E-state index contributed by atoms with van der Waals surface area (Å²) in [7, 11) is 3.94. The van der Waals surface area contributed by atoms with Crippen molar-refractivity contribution in [1.82, 2.24) is 10.6 Å². The monoisotopic (exact) mass is 466 g/mol. The van der Waals surface area contributed by atoms with Gasteiger partial charge in [0.05, 0.1) is 12.2 Å². The van der Waals surface area contributed by atoms with Crippen LogP contribution in [0.2, 0.25) is 0 Å². The fourth-order valence-electron chi connectivity index (χ4n) is 6.13. The van der Waals surface area contributed by atoms with Crippen molar-refractivity contribution in [3.05, 3.63) is 70.8 Å². The fraction of sp³-hybridized carbons (Fsp3) is 0.600. The second kappa shape index (κ2) is 12.3. The molecule has 2 aliphatic rings. The van der Waals surface area contributed by atoms with Crippen LogP contribution in [0.4, 0.5) is 0 Å². The molecular formula is C30H46N2O2. The molecule has 0 aliphatic heterocycles. The van der Waals surface area contributed by atoms with Crippen LogP contribution in [-0.4, -0.2) is 49.6 Å². The summed E-state index contributed by atoms with van der Waals surface area (Å²) in [6.07, 6.45) is 8.31. The lowest BCUT2D eigenvalue weighted by molar-refractivity contribution is 0.0423. The number of benzene rings is 2. The predicted molar refractivity (Wildman–Crippen MR) is 143 cm³/mol. The number of aliphatic hydroxyl groups excluding tert-OH is 2. The van der Waals surface area contributed by atoms with Gasteiger partial charge in [0.2, 0.25) is 0 Å². The van der Waals surface area contributed by atoms with Gasteiger partial charge in [0.15, 0.2) is 0 Å². The van der Waals surface area contributed by atoms with Gasteiger partial charge in [-0.05, 0) is 64.8 Å². The van der Waals surface area contributed by atoms with Crippen molar-refractivity contribution in [2.45, 2.75) is 88.3 Å². The minimum absolute atomic E-state index is 0.0826. The molecule has 0 amide bonds. The van der Waals surface area contributed by atoms with E-state index in [0.717, 1.165) is 51.6 Å². The van der Waals surface area contributed by atoms with Crippen LogP contribution in [0.3, 0.4) is 0 Å². The Balaban J connectivity index is 0.000000191. The van der Waals surface area contributed by atoms with Gasteiger partial charge in [-0.15, -0.1) is 0 Å². The highest BCUT2D eigenvalue weighted by Crippen LogP contribution is 2.40. The number of aliphatic hydroxyl groups is 2. The van der Waals surface area contributed by atoms with E-state index in [-0.39, 0.29) is 23.0 Å². The minimum Gasteiger partial charge on any atom is -0.392 e. The summed E-state index contributed by atoms with van der Waals surface area (Å²) >= 11 is 0. The van der Waals surface area contributed by atoms with Gasteiger partial charge in [-0.25, -0.2) is 0 Å². The molecular weight excluding hydrogens is 420 g/mol. The average molecular weight is 467 g/mol. The Morgan fingerprint density at radius 3 is 1.29 bits per heavy atom. The van der Waals surface area contributed by atoms with Gasteiger partial charge in [0.1, 0.15) is 0 Å². The molecule has 0 unspecified atom stereocenters. The van der Waals surface area contributed by atoms with E-state index in [0.29, 0.717) is 0 Å². The normalized spacial score (nSPS) is 29.2. The molecule has 2 aromatic rings. The van der Waals surface area contributed by atoms with Crippen LogP contribution in [-0.2, 0) is 10.8 Å². The van der Waals surface area contributed by atoms with Gasteiger partial charge < -0.3 is 20.8 Å². The Morgan fingerprint density at radius 1 is 0.647 bits per heavy atom. The highest BCUT2D eigenvalue weighted by Gasteiger charge is 2.41. The Morgan fingerprint density at radius 2 is 1.00 bits per heavy atom. The zero-order valence-electron chi connectivity index (χ0n) is 21.7. The lowest BCUT2D eigenvalue weighted by atomic mass is 9.67. The Bertz CT molecular complexity index is 785. The SMILES string of the molecule is CNC[C@@]1(c2ccc(C)cc2)CCCC[C@H]1O.CNC[C@]1(c2ccc(C)cc2)CCCC[C@@H]1O. The molecule has 4 N–H and O–H groups in total. The highest BCUT2D eigenvalue weighted by atomic mass is 16.3. The number of hydrogen-bond donors (Lipinski definition) is 4. The van der Waals surface area contributed by atoms with Crippen LogP contribution in [0.15, 0.2) is 48.5 Å². The van der Waals surface area contributed by atoms with Crippen LogP contribution in [0.25, 0.3) is 0 Å². The summed E-state index contributed by atoms with van der Waals surface area (Å²) in [5, 5.41) is 27.4. The summed E-state index contributed by atoms with van der Waals surface area (Å²) in [6.45, 7) is 5.92. The molecule has 0 aromatic heterocycles. The molecule has 4 atom stereocenters. The van der Waals surface area contributed by atoms with Crippen molar-refractivity contribution in [3.63, 3.8) is 0 Å². The Kier molecular flexibility index (Phi) is 9.73. The molecule has 4 heteroatoms. The second-order valence-electron chi connectivity index (χ2n) is 10.6. The first-order valence-electron chi connectivity index (χ1n) is 13.2. The predicted octanol–water partition coefficient (Wildman–Crippen LogP) is 4.77. The molecule has 34 heavy (non-hydrogen) atoms. The second-order valence-corrected chi connectivity index (χ2v) is 10.6. The van der Waals surface area contributed by atoms with Gasteiger partial charge in [0, 0.05) is 23.9 Å². The van der Waals surface area contributed by atoms with Crippen LogP contribution in [0.5, 0.6) is 0 Å². The first-order chi connectivity index (χ1) is 16.4. The minimum atomic E-state index is -0.216. The van der Waals surface area contributed by atoms with Gasteiger partial charge in [-0.2, -0.15) is 0 Å². The van der Waals surface area contributed by atoms with Gasteiger partial charge in [-0.1, -0.05) is 85.3 Å². The zero-order chi connectivity index (χ0) is 24.6. The molecule has 2 aromatic carbocycles. The summed E-state index contributed by atoms with van der Waals surface area (Å²) in [5.74, 6) is 0.